The van der Waals surface area contributed by atoms with Crippen molar-refractivity contribution in [3.63, 3.8) is 0 Å². The molecule has 1 aliphatic carbocycles. The van der Waals surface area contributed by atoms with Crippen LogP contribution in [0.3, 0.4) is 0 Å². The van der Waals surface area contributed by atoms with Crippen LogP contribution in [0.25, 0.3) is 0 Å². The van der Waals surface area contributed by atoms with Crippen LogP contribution in [0.5, 0.6) is 0 Å². The first-order chi connectivity index (χ1) is 6.72. The highest BCUT2D eigenvalue weighted by molar-refractivity contribution is 6.31. The van der Waals surface area contributed by atoms with E-state index in [1.807, 2.05) is 6.07 Å². The molecule has 1 fully saturated rings. The number of benzene rings is 1. The molecule has 72 valence electrons. The Morgan fingerprint density at radius 3 is 2.71 bits per heavy atom. The summed E-state index contributed by atoms with van der Waals surface area (Å²) < 4.78 is 0. The van der Waals surface area contributed by atoms with Crippen LogP contribution in [-0.2, 0) is 0 Å². The van der Waals surface area contributed by atoms with Crippen molar-refractivity contribution in [3.8, 4) is 6.07 Å². The third-order valence-electron chi connectivity index (χ3n) is 2.62. The number of nitrogens with zero attached hydrogens (tertiary/aromatic N) is 1. The maximum absolute atomic E-state index is 8.67. The Morgan fingerprint density at radius 2 is 2.21 bits per heavy atom. The van der Waals surface area contributed by atoms with Gasteiger partial charge >= 0.3 is 0 Å². The highest BCUT2D eigenvalue weighted by Gasteiger charge is 2.30. The van der Waals surface area contributed by atoms with Crippen LogP contribution < -0.4 is 5.73 Å². The van der Waals surface area contributed by atoms with Gasteiger partial charge in [-0.3, -0.25) is 0 Å². The van der Waals surface area contributed by atoms with E-state index in [-0.39, 0.29) is 6.04 Å². The summed E-state index contributed by atoms with van der Waals surface area (Å²) in [5.41, 5.74) is 7.58. The van der Waals surface area contributed by atoms with E-state index < -0.39 is 0 Å². The minimum absolute atomic E-state index is 0.0373. The first kappa shape index (κ1) is 9.51. The molecular weight excluding hydrogens is 196 g/mol. The fourth-order valence-corrected chi connectivity index (χ4v) is 1.88. The van der Waals surface area contributed by atoms with Crippen LogP contribution in [0.4, 0.5) is 0 Å². The number of halogens is 1. The molecule has 0 saturated heterocycles. The van der Waals surface area contributed by atoms with Crippen molar-refractivity contribution in [2.24, 2.45) is 11.7 Å². The largest absolute Gasteiger partial charge is 0.324 e. The van der Waals surface area contributed by atoms with Gasteiger partial charge in [0.25, 0.3) is 0 Å². The molecule has 0 aromatic heterocycles. The topological polar surface area (TPSA) is 49.8 Å². The van der Waals surface area contributed by atoms with Crippen molar-refractivity contribution in [2.75, 3.05) is 0 Å². The summed E-state index contributed by atoms with van der Waals surface area (Å²) in [6, 6.07) is 7.40. The molecule has 0 bridgehead atoms. The second-order valence-corrected chi connectivity index (χ2v) is 4.12. The lowest BCUT2D eigenvalue weighted by atomic mass is 10.0. The molecule has 0 amide bonds. The normalized spacial score (nSPS) is 17.5. The first-order valence-corrected chi connectivity index (χ1v) is 5.05. The van der Waals surface area contributed by atoms with E-state index in [4.69, 9.17) is 22.6 Å². The van der Waals surface area contributed by atoms with Crippen LogP contribution in [0, 0.1) is 17.2 Å². The lowest BCUT2D eigenvalue weighted by Crippen LogP contribution is -2.12. The Balaban J connectivity index is 2.30. The Hall–Kier alpha value is -1.04. The minimum atomic E-state index is 0.0373. The number of nitrogens with two attached hydrogens (primary N) is 1. The Bertz CT molecular complexity index is 391. The van der Waals surface area contributed by atoms with E-state index >= 15 is 0 Å². The number of nitriles is 1. The van der Waals surface area contributed by atoms with Crippen LogP contribution in [0.1, 0.15) is 30.0 Å². The molecule has 1 aliphatic rings. The molecule has 2 rings (SSSR count). The monoisotopic (exact) mass is 206 g/mol. The van der Waals surface area contributed by atoms with Crippen molar-refractivity contribution in [2.45, 2.75) is 18.9 Å². The smallest absolute Gasteiger partial charge is 0.0992 e. The van der Waals surface area contributed by atoms with Crippen LogP contribution in [0.2, 0.25) is 5.02 Å². The molecule has 2 N–H and O–H groups in total. The van der Waals surface area contributed by atoms with E-state index in [0.717, 1.165) is 5.56 Å². The Kier molecular flexibility index (Phi) is 2.45. The van der Waals surface area contributed by atoms with Crippen molar-refractivity contribution in [1.29, 1.82) is 5.26 Å². The molecule has 0 spiro atoms. The molecule has 1 atom stereocenters. The number of rotatable bonds is 2. The first-order valence-electron chi connectivity index (χ1n) is 4.67. The quantitative estimate of drug-likeness (QED) is 0.809. The van der Waals surface area contributed by atoms with Crippen LogP contribution in [-0.4, -0.2) is 0 Å². The summed E-state index contributed by atoms with van der Waals surface area (Å²) in [7, 11) is 0. The fraction of sp³-hybridized carbons (Fsp3) is 0.364. The zero-order valence-electron chi connectivity index (χ0n) is 7.70. The predicted molar refractivity (Wildman–Crippen MR) is 55.8 cm³/mol. The molecule has 14 heavy (non-hydrogen) atoms. The second-order valence-electron chi connectivity index (χ2n) is 3.71. The average molecular weight is 207 g/mol. The van der Waals surface area contributed by atoms with E-state index in [1.165, 1.54) is 12.8 Å². The highest BCUT2D eigenvalue weighted by atomic mass is 35.5. The van der Waals surface area contributed by atoms with Crippen molar-refractivity contribution >= 4 is 11.6 Å². The van der Waals surface area contributed by atoms with Gasteiger partial charge in [0, 0.05) is 11.1 Å². The number of hydrogen-bond donors (Lipinski definition) is 1. The van der Waals surface area contributed by atoms with E-state index in [0.29, 0.717) is 16.5 Å². The zero-order chi connectivity index (χ0) is 10.1. The lowest BCUT2D eigenvalue weighted by Gasteiger charge is -2.12. The molecule has 1 aromatic carbocycles. The van der Waals surface area contributed by atoms with Gasteiger partial charge in [-0.25, -0.2) is 0 Å². The second kappa shape index (κ2) is 3.61. The maximum atomic E-state index is 8.67. The van der Waals surface area contributed by atoms with Crippen molar-refractivity contribution < 1.29 is 0 Å². The summed E-state index contributed by atoms with van der Waals surface area (Å²) >= 11 is 6.04. The van der Waals surface area contributed by atoms with Gasteiger partial charge in [-0.15, -0.1) is 0 Å². The fourth-order valence-electron chi connectivity index (χ4n) is 1.58. The third-order valence-corrected chi connectivity index (χ3v) is 2.95. The minimum Gasteiger partial charge on any atom is -0.324 e. The van der Waals surface area contributed by atoms with Gasteiger partial charge in [0.15, 0.2) is 0 Å². The molecule has 3 heteroatoms. The van der Waals surface area contributed by atoms with Gasteiger partial charge in [-0.1, -0.05) is 17.7 Å². The SMILES string of the molecule is N#Cc1ccc([C@H](N)C2CC2)c(Cl)c1. The van der Waals surface area contributed by atoms with E-state index in [9.17, 15) is 0 Å². The predicted octanol–water partition coefficient (Wildman–Crippen LogP) is 2.62. The molecule has 0 unspecified atom stereocenters. The standard InChI is InChI=1S/C11H11ClN2/c12-10-5-7(6-13)1-4-9(10)11(14)8-2-3-8/h1,4-5,8,11H,2-3,14H2/t11-/m1/s1. The molecule has 0 aliphatic heterocycles. The lowest BCUT2D eigenvalue weighted by molar-refractivity contribution is 0.633. The molecule has 2 nitrogen and oxygen atoms in total. The molecular formula is C11H11ClN2. The van der Waals surface area contributed by atoms with Crippen molar-refractivity contribution in [3.05, 3.63) is 34.3 Å². The highest BCUT2D eigenvalue weighted by Crippen LogP contribution is 2.41. The Morgan fingerprint density at radius 1 is 1.50 bits per heavy atom. The van der Waals surface area contributed by atoms with Gasteiger partial charge in [-0.05, 0) is 36.5 Å². The van der Waals surface area contributed by atoms with Gasteiger partial charge in [0.2, 0.25) is 0 Å². The molecule has 1 saturated carbocycles. The Labute approximate surface area is 88.3 Å². The summed E-state index contributed by atoms with van der Waals surface area (Å²) in [5.74, 6) is 0.584. The number of hydrogen-bond acceptors (Lipinski definition) is 2. The summed E-state index contributed by atoms with van der Waals surface area (Å²) in [4.78, 5) is 0. The summed E-state index contributed by atoms with van der Waals surface area (Å²) in [6.45, 7) is 0. The average Bonchev–Trinajstić information content (AvgIpc) is 3.00. The summed E-state index contributed by atoms with van der Waals surface area (Å²) in [5, 5.41) is 9.29. The van der Waals surface area contributed by atoms with Gasteiger partial charge in [0.1, 0.15) is 0 Å². The molecule has 0 radical (unpaired) electrons. The molecule has 0 heterocycles. The molecule has 1 aromatic rings. The van der Waals surface area contributed by atoms with Crippen molar-refractivity contribution in [1.82, 2.24) is 0 Å². The van der Waals surface area contributed by atoms with Crippen LogP contribution >= 0.6 is 11.6 Å². The van der Waals surface area contributed by atoms with Gasteiger partial charge < -0.3 is 5.73 Å². The van der Waals surface area contributed by atoms with E-state index in [1.54, 1.807) is 12.1 Å². The van der Waals surface area contributed by atoms with Gasteiger partial charge in [-0.2, -0.15) is 5.26 Å². The van der Waals surface area contributed by atoms with E-state index in [2.05, 4.69) is 6.07 Å². The van der Waals surface area contributed by atoms with Crippen LogP contribution in [0.15, 0.2) is 18.2 Å². The van der Waals surface area contributed by atoms with Gasteiger partial charge in [0.05, 0.1) is 11.6 Å². The maximum Gasteiger partial charge on any atom is 0.0992 e. The zero-order valence-corrected chi connectivity index (χ0v) is 8.46. The summed E-state index contributed by atoms with van der Waals surface area (Å²) in [6.07, 6.45) is 2.38. The third kappa shape index (κ3) is 1.75.